The summed E-state index contributed by atoms with van der Waals surface area (Å²) in [5.41, 5.74) is 1.87. The van der Waals surface area contributed by atoms with Gasteiger partial charge in [-0.1, -0.05) is 12.1 Å². The van der Waals surface area contributed by atoms with E-state index in [1.807, 2.05) is 13.0 Å². The Balaban J connectivity index is 2.00. The predicted molar refractivity (Wildman–Crippen MR) is 98.8 cm³/mol. The number of benzene rings is 1. The molecule has 0 bridgehead atoms. The zero-order valence-electron chi connectivity index (χ0n) is 14.7. The molecule has 8 heteroatoms. The number of aromatic nitrogens is 2. The average molecular weight is 364 g/mol. The largest absolute Gasteiger partial charge is 0.370 e. The summed E-state index contributed by atoms with van der Waals surface area (Å²) in [6, 6.07) is 8.08. The van der Waals surface area contributed by atoms with Crippen molar-refractivity contribution in [3.8, 4) is 0 Å². The average Bonchev–Trinajstić information content (AvgIpc) is 2.55. The van der Waals surface area contributed by atoms with Crippen LogP contribution >= 0.6 is 0 Å². The Morgan fingerprint density at radius 3 is 2.32 bits per heavy atom. The molecule has 1 aromatic carbocycles. The Labute approximate surface area is 148 Å². The lowest BCUT2D eigenvalue weighted by Gasteiger charge is -2.19. The second-order valence-electron chi connectivity index (χ2n) is 5.66. The van der Waals surface area contributed by atoms with Crippen molar-refractivity contribution in [3.63, 3.8) is 0 Å². The first kappa shape index (κ1) is 19.1. The van der Waals surface area contributed by atoms with Crippen molar-refractivity contribution in [1.29, 1.82) is 0 Å². The molecule has 1 heterocycles. The van der Waals surface area contributed by atoms with Gasteiger partial charge in [-0.25, -0.2) is 4.98 Å². The number of hydrogen-bond acceptors (Lipinski definition) is 6. The Hall–Kier alpha value is -2.19. The smallest absolute Gasteiger partial charge is 0.294 e. The standard InChI is InChI=1S/C17H24N4O3S/c1-4-21(5-2)17-19-13(3)12-16(20-17)18-11-10-14-6-8-15(9-7-14)25(22,23)24/h6-9,12H,4-5,10-11H2,1-3H3,(H,18,19,20)(H,22,23,24). The number of rotatable bonds is 8. The highest BCUT2D eigenvalue weighted by Gasteiger charge is 2.09. The van der Waals surface area contributed by atoms with Gasteiger partial charge in [0.25, 0.3) is 10.1 Å². The molecule has 7 nitrogen and oxygen atoms in total. The second kappa shape index (κ2) is 8.26. The topological polar surface area (TPSA) is 95.4 Å². The molecule has 2 aromatic rings. The minimum absolute atomic E-state index is 0.0977. The highest BCUT2D eigenvalue weighted by molar-refractivity contribution is 7.85. The lowest BCUT2D eigenvalue weighted by Crippen LogP contribution is -2.25. The zero-order valence-corrected chi connectivity index (χ0v) is 15.5. The molecule has 0 aliphatic heterocycles. The van der Waals surface area contributed by atoms with E-state index in [-0.39, 0.29) is 4.90 Å². The van der Waals surface area contributed by atoms with E-state index in [1.165, 1.54) is 12.1 Å². The van der Waals surface area contributed by atoms with Crippen molar-refractivity contribution in [2.45, 2.75) is 32.1 Å². The van der Waals surface area contributed by atoms with Crippen LogP contribution in [0.3, 0.4) is 0 Å². The highest BCUT2D eigenvalue weighted by atomic mass is 32.2. The summed E-state index contributed by atoms with van der Waals surface area (Å²) in [7, 11) is -4.14. The van der Waals surface area contributed by atoms with Crippen molar-refractivity contribution in [2.24, 2.45) is 0 Å². The molecule has 0 amide bonds. The Morgan fingerprint density at radius 2 is 1.76 bits per heavy atom. The third kappa shape index (κ3) is 5.40. The van der Waals surface area contributed by atoms with Gasteiger partial charge in [-0.3, -0.25) is 4.55 Å². The van der Waals surface area contributed by atoms with Crippen molar-refractivity contribution >= 4 is 21.9 Å². The van der Waals surface area contributed by atoms with Gasteiger partial charge in [-0.05, 0) is 44.9 Å². The van der Waals surface area contributed by atoms with Crippen LogP contribution in [0, 0.1) is 6.92 Å². The van der Waals surface area contributed by atoms with Crippen LogP contribution in [0.4, 0.5) is 11.8 Å². The van der Waals surface area contributed by atoms with Crippen molar-refractivity contribution in [1.82, 2.24) is 9.97 Å². The summed E-state index contributed by atoms with van der Waals surface area (Å²) >= 11 is 0. The van der Waals surface area contributed by atoms with E-state index < -0.39 is 10.1 Å². The van der Waals surface area contributed by atoms with Gasteiger partial charge in [0, 0.05) is 31.4 Å². The summed E-state index contributed by atoms with van der Waals surface area (Å²) in [4.78, 5) is 11.0. The summed E-state index contributed by atoms with van der Waals surface area (Å²) in [6.45, 7) is 8.42. The molecule has 2 N–H and O–H groups in total. The Kier molecular flexibility index (Phi) is 6.33. The molecule has 0 unspecified atom stereocenters. The van der Waals surface area contributed by atoms with Crippen LogP contribution in [0.5, 0.6) is 0 Å². The quantitative estimate of drug-likeness (QED) is 0.695. The molecule has 0 spiro atoms. The monoisotopic (exact) mass is 364 g/mol. The molecule has 2 rings (SSSR count). The van der Waals surface area contributed by atoms with Crippen molar-refractivity contribution < 1.29 is 13.0 Å². The molecule has 0 aliphatic rings. The summed E-state index contributed by atoms with van der Waals surface area (Å²) in [5.74, 6) is 1.48. The number of nitrogens with one attached hydrogen (secondary N) is 1. The van der Waals surface area contributed by atoms with Gasteiger partial charge in [0.2, 0.25) is 5.95 Å². The number of anilines is 2. The molecule has 0 saturated heterocycles. The summed E-state index contributed by atoms with van der Waals surface area (Å²) < 4.78 is 31.1. The zero-order chi connectivity index (χ0) is 18.4. The second-order valence-corrected chi connectivity index (χ2v) is 7.08. The Morgan fingerprint density at radius 1 is 1.12 bits per heavy atom. The fourth-order valence-corrected chi connectivity index (χ4v) is 2.93. The van der Waals surface area contributed by atoms with Crippen molar-refractivity contribution in [2.75, 3.05) is 29.9 Å². The van der Waals surface area contributed by atoms with E-state index in [0.29, 0.717) is 18.9 Å². The lowest BCUT2D eigenvalue weighted by molar-refractivity contribution is 0.483. The SMILES string of the molecule is CCN(CC)c1nc(C)cc(NCCc2ccc(S(=O)(=O)O)cc2)n1. The van der Waals surface area contributed by atoms with E-state index >= 15 is 0 Å². The van der Waals surface area contributed by atoms with Gasteiger partial charge < -0.3 is 10.2 Å². The van der Waals surface area contributed by atoms with Gasteiger partial charge in [0.15, 0.2) is 0 Å². The Bertz CT molecular complexity index is 803. The summed E-state index contributed by atoms with van der Waals surface area (Å²) in [6.07, 6.45) is 0.704. The highest BCUT2D eigenvalue weighted by Crippen LogP contribution is 2.14. The maximum atomic E-state index is 11.0. The third-order valence-corrected chi connectivity index (χ3v) is 4.70. The van der Waals surface area contributed by atoms with E-state index in [9.17, 15) is 8.42 Å². The fourth-order valence-electron chi connectivity index (χ4n) is 2.45. The van der Waals surface area contributed by atoms with Crippen LogP contribution in [0.1, 0.15) is 25.1 Å². The first-order valence-corrected chi connectivity index (χ1v) is 9.68. The number of hydrogen-bond donors (Lipinski definition) is 2. The van der Waals surface area contributed by atoms with Gasteiger partial charge in [0.05, 0.1) is 4.90 Å². The first-order valence-electron chi connectivity index (χ1n) is 8.24. The molecule has 0 radical (unpaired) electrons. The molecule has 25 heavy (non-hydrogen) atoms. The predicted octanol–water partition coefficient (Wildman–Crippen LogP) is 2.53. The van der Waals surface area contributed by atoms with Gasteiger partial charge in [0.1, 0.15) is 5.82 Å². The van der Waals surface area contributed by atoms with Crippen LogP contribution in [0.15, 0.2) is 35.2 Å². The fraction of sp³-hybridized carbons (Fsp3) is 0.412. The maximum Gasteiger partial charge on any atom is 0.294 e. The normalized spacial score (nSPS) is 11.4. The molecular formula is C17H24N4O3S. The van der Waals surface area contributed by atoms with Crippen molar-refractivity contribution in [3.05, 3.63) is 41.6 Å². The minimum Gasteiger partial charge on any atom is -0.370 e. The van der Waals surface area contributed by atoms with Gasteiger partial charge >= 0.3 is 0 Å². The maximum absolute atomic E-state index is 11.0. The molecule has 0 atom stereocenters. The van der Waals surface area contributed by atoms with Crippen LogP contribution in [0.25, 0.3) is 0 Å². The molecule has 0 fully saturated rings. The van der Waals surface area contributed by atoms with E-state index in [2.05, 4.69) is 34.0 Å². The van der Waals surface area contributed by atoms with Crippen LogP contribution < -0.4 is 10.2 Å². The minimum atomic E-state index is -4.14. The third-order valence-electron chi connectivity index (χ3n) is 3.83. The van der Waals surface area contributed by atoms with E-state index in [0.717, 1.165) is 30.2 Å². The van der Waals surface area contributed by atoms with E-state index in [4.69, 9.17) is 4.55 Å². The number of nitrogens with zero attached hydrogens (tertiary/aromatic N) is 3. The molecule has 136 valence electrons. The van der Waals surface area contributed by atoms with Crippen LogP contribution in [0.2, 0.25) is 0 Å². The molecule has 0 aliphatic carbocycles. The van der Waals surface area contributed by atoms with Crippen LogP contribution in [-0.2, 0) is 16.5 Å². The molecule has 1 aromatic heterocycles. The van der Waals surface area contributed by atoms with Gasteiger partial charge in [-0.15, -0.1) is 0 Å². The first-order chi connectivity index (χ1) is 11.8. The number of aryl methyl sites for hydroxylation is 1. The molecule has 0 saturated carbocycles. The summed E-state index contributed by atoms with van der Waals surface area (Å²) in [5, 5.41) is 3.28. The van der Waals surface area contributed by atoms with Gasteiger partial charge in [-0.2, -0.15) is 13.4 Å². The van der Waals surface area contributed by atoms with Crippen LogP contribution in [-0.4, -0.2) is 42.6 Å². The molecular weight excluding hydrogens is 340 g/mol. The lowest BCUT2D eigenvalue weighted by atomic mass is 10.1. The van der Waals surface area contributed by atoms with E-state index in [1.54, 1.807) is 12.1 Å².